The molecule has 21 heavy (non-hydrogen) atoms. The van der Waals surface area contributed by atoms with Crippen molar-refractivity contribution in [2.75, 3.05) is 20.3 Å². The number of halogens is 1. The zero-order valence-electron chi connectivity index (χ0n) is 12.0. The van der Waals surface area contributed by atoms with Crippen LogP contribution >= 0.6 is 28.1 Å². The van der Waals surface area contributed by atoms with Crippen LogP contribution in [-0.4, -0.2) is 31.6 Å². The molecule has 5 nitrogen and oxygen atoms in total. The zero-order chi connectivity index (χ0) is 15.7. The van der Waals surface area contributed by atoms with Gasteiger partial charge in [-0.1, -0.05) is 6.08 Å². The molecule has 0 amide bonds. The molecule has 7 heteroatoms. The molecule has 0 bridgehead atoms. The van der Waals surface area contributed by atoms with Gasteiger partial charge in [0.1, 0.15) is 0 Å². The number of rotatable bonds is 7. The molecule has 114 valence electrons. The topological polar surface area (TPSA) is 54.9 Å². The number of benzene rings is 1. The molecule has 0 unspecified atom stereocenters. The maximum atomic E-state index is 5.53. The highest BCUT2D eigenvalue weighted by atomic mass is 79.9. The van der Waals surface area contributed by atoms with E-state index >= 15 is 0 Å². The maximum Gasteiger partial charge on any atom is 0.187 e. The minimum absolute atomic E-state index is 0.433. The predicted octanol–water partition coefficient (Wildman–Crippen LogP) is 2.84. The highest BCUT2D eigenvalue weighted by molar-refractivity contribution is 9.10. The van der Waals surface area contributed by atoms with E-state index in [1.807, 2.05) is 19.1 Å². The summed E-state index contributed by atoms with van der Waals surface area (Å²) in [6.45, 7) is 6.66. The van der Waals surface area contributed by atoms with Gasteiger partial charge in [0.25, 0.3) is 0 Å². The van der Waals surface area contributed by atoms with Crippen LogP contribution in [0.5, 0.6) is 11.5 Å². The fraction of sp³-hybridized carbons (Fsp3) is 0.286. The van der Waals surface area contributed by atoms with E-state index < -0.39 is 0 Å². The van der Waals surface area contributed by atoms with Gasteiger partial charge in [-0.2, -0.15) is 5.10 Å². The van der Waals surface area contributed by atoms with Crippen LogP contribution in [0.3, 0.4) is 0 Å². The molecular formula is C14H18BrN3O2S. The molecule has 0 atom stereocenters. The highest BCUT2D eigenvalue weighted by Gasteiger charge is 2.10. The first-order valence-electron chi connectivity index (χ1n) is 6.30. The number of thiocarbonyl (C=S) groups is 1. The molecule has 0 aliphatic rings. The number of methoxy groups -OCH3 is 1. The Morgan fingerprint density at radius 1 is 1.52 bits per heavy atom. The number of hydrogen-bond acceptors (Lipinski definition) is 4. The fourth-order valence-corrected chi connectivity index (χ4v) is 2.18. The molecule has 0 spiro atoms. The summed E-state index contributed by atoms with van der Waals surface area (Å²) in [6, 6.07) is 3.72. The van der Waals surface area contributed by atoms with E-state index in [4.69, 9.17) is 21.7 Å². The molecule has 0 aliphatic heterocycles. The monoisotopic (exact) mass is 371 g/mol. The average molecular weight is 372 g/mol. The van der Waals surface area contributed by atoms with Crippen LogP contribution in [0.2, 0.25) is 0 Å². The van der Waals surface area contributed by atoms with E-state index in [0.29, 0.717) is 29.8 Å². The van der Waals surface area contributed by atoms with Gasteiger partial charge in [-0.3, -0.25) is 5.43 Å². The van der Waals surface area contributed by atoms with Gasteiger partial charge in [0, 0.05) is 6.54 Å². The summed E-state index contributed by atoms with van der Waals surface area (Å²) in [5.41, 5.74) is 3.57. The first-order chi connectivity index (χ1) is 10.1. The standard InChI is InChI=1S/C14H18BrN3O2S/c1-4-6-16-14(21)18-17-9-10-7-11(15)13(20-5-2)12(8-10)19-3/h4,7-9H,1,5-6H2,2-3H3,(H2,16,18,21)/b17-9-. The van der Waals surface area contributed by atoms with Gasteiger partial charge in [0.15, 0.2) is 16.6 Å². The van der Waals surface area contributed by atoms with Gasteiger partial charge in [-0.25, -0.2) is 0 Å². The average Bonchev–Trinajstić information content (AvgIpc) is 2.47. The second kappa shape index (κ2) is 9.36. The predicted molar refractivity (Wildman–Crippen MR) is 93.4 cm³/mol. The second-order valence-corrected chi connectivity index (χ2v) is 5.10. The van der Waals surface area contributed by atoms with E-state index in [9.17, 15) is 0 Å². The van der Waals surface area contributed by atoms with Gasteiger partial charge in [-0.15, -0.1) is 6.58 Å². The Kier molecular flexibility index (Phi) is 7.78. The van der Waals surface area contributed by atoms with E-state index in [1.165, 1.54) is 0 Å². The van der Waals surface area contributed by atoms with Gasteiger partial charge in [0.05, 0.1) is 24.4 Å². The Labute approximate surface area is 138 Å². The summed E-state index contributed by atoms with van der Waals surface area (Å²) in [7, 11) is 1.60. The van der Waals surface area contributed by atoms with Crippen LogP contribution in [0.4, 0.5) is 0 Å². The van der Waals surface area contributed by atoms with E-state index in [-0.39, 0.29) is 0 Å². The smallest absolute Gasteiger partial charge is 0.187 e. The third-order valence-corrected chi connectivity index (χ3v) is 3.15. The summed E-state index contributed by atoms with van der Waals surface area (Å²) in [4.78, 5) is 0. The number of hydrogen-bond donors (Lipinski definition) is 2. The van der Waals surface area contributed by atoms with Gasteiger partial charge >= 0.3 is 0 Å². The summed E-state index contributed by atoms with van der Waals surface area (Å²) >= 11 is 8.49. The number of ether oxygens (including phenoxy) is 2. The van der Waals surface area contributed by atoms with Crippen LogP contribution in [0.15, 0.2) is 34.4 Å². The van der Waals surface area contributed by atoms with Crippen LogP contribution in [0.1, 0.15) is 12.5 Å². The molecule has 0 heterocycles. The Balaban J connectivity index is 2.77. The van der Waals surface area contributed by atoms with Crippen LogP contribution in [-0.2, 0) is 0 Å². The summed E-state index contributed by atoms with van der Waals surface area (Å²) in [6.07, 6.45) is 3.36. The Hall–Kier alpha value is -1.60. The lowest BCUT2D eigenvalue weighted by Gasteiger charge is -2.12. The number of nitrogens with one attached hydrogen (secondary N) is 2. The highest BCUT2D eigenvalue weighted by Crippen LogP contribution is 2.36. The minimum atomic E-state index is 0.433. The van der Waals surface area contributed by atoms with Crippen LogP contribution in [0, 0.1) is 0 Å². The molecule has 2 N–H and O–H groups in total. The summed E-state index contributed by atoms with van der Waals surface area (Å²) in [5, 5.41) is 7.40. The lowest BCUT2D eigenvalue weighted by molar-refractivity contribution is 0.309. The zero-order valence-corrected chi connectivity index (χ0v) is 14.4. The van der Waals surface area contributed by atoms with Crippen molar-refractivity contribution < 1.29 is 9.47 Å². The quantitative estimate of drug-likeness (QED) is 0.334. The first kappa shape index (κ1) is 17.5. The molecule has 0 radical (unpaired) electrons. The molecule has 1 aromatic rings. The minimum Gasteiger partial charge on any atom is -0.493 e. The van der Waals surface area contributed by atoms with Gasteiger partial charge in [0.2, 0.25) is 0 Å². The van der Waals surface area contributed by atoms with Crippen molar-refractivity contribution >= 4 is 39.5 Å². The SMILES string of the molecule is C=CCNC(=S)N/N=C\c1cc(Br)c(OCC)c(OC)c1. The van der Waals surface area contributed by atoms with Crippen molar-refractivity contribution in [2.24, 2.45) is 5.10 Å². The lowest BCUT2D eigenvalue weighted by atomic mass is 10.2. The van der Waals surface area contributed by atoms with Gasteiger partial charge < -0.3 is 14.8 Å². The maximum absolute atomic E-state index is 5.53. The largest absolute Gasteiger partial charge is 0.493 e. The second-order valence-electron chi connectivity index (χ2n) is 3.84. The molecule has 0 fully saturated rings. The van der Waals surface area contributed by atoms with Crippen molar-refractivity contribution in [3.05, 3.63) is 34.8 Å². The molecule has 0 saturated heterocycles. The molecule has 0 aliphatic carbocycles. The summed E-state index contributed by atoms with van der Waals surface area (Å²) < 4.78 is 11.6. The van der Waals surface area contributed by atoms with Gasteiger partial charge in [-0.05, 0) is 52.8 Å². The number of hydrazone groups is 1. The van der Waals surface area contributed by atoms with Crippen molar-refractivity contribution in [3.8, 4) is 11.5 Å². The van der Waals surface area contributed by atoms with E-state index in [0.717, 1.165) is 10.0 Å². The molecular weight excluding hydrogens is 354 g/mol. The Morgan fingerprint density at radius 3 is 2.90 bits per heavy atom. The third-order valence-electron chi connectivity index (χ3n) is 2.33. The molecule has 0 aromatic heterocycles. The van der Waals surface area contributed by atoms with Crippen LogP contribution < -0.4 is 20.2 Å². The fourth-order valence-electron chi connectivity index (χ4n) is 1.47. The van der Waals surface area contributed by atoms with Crippen molar-refractivity contribution in [2.45, 2.75) is 6.92 Å². The summed E-state index contributed by atoms with van der Waals surface area (Å²) in [5.74, 6) is 1.31. The van der Waals surface area contributed by atoms with Crippen LogP contribution in [0.25, 0.3) is 0 Å². The van der Waals surface area contributed by atoms with Crippen molar-refractivity contribution in [1.29, 1.82) is 0 Å². The molecule has 0 saturated carbocycles. The van der Waals surface area contributed by atoms with Crippen molar-refractivity contribution in [3.63, 3.8) is 0 Å². The normalized spacial score (nSPS) is 10.2. The lowest BCUT2D eigenvalue weighted by Crippen LogP contribution is -2.31. The molecule has 1 rings (SSSR count). The Bertz CT molecular complexity index is 535. The van der Waals surface area contributed by atoms with E-state index in [2.05, 4.69) is 38.4 Å². The van der Waals surface area contributed by atoms with Crippen molar-refractivity contribution in [1.82, 2.24) is 10.7 Å². The first-order valence-corrected chi connectivity index (χ1v) is 7.50. The Morgan fingerprint density at radius 2 is 2.29 bits per heavy atom. The number of nitrogens with zero attached hydrogens (tertiary/aromatic N) is 1. The molecule has 1 aromatic carbocycles. The third kappa shape index (κ3) is 5.73. The van der Waals surface area contributed by atoms with E-state index in [1.54, 1.807) is 19.4 Å².